The third-order valence-corrected chi connectivity index (χ3v) is 1.98. The van der Waals surface area contributed by atoms with Crippen molar-refractivity contribution in [1.29, 1.82) is 0 Å². The van der Waals surface area contributed by atoms with Gasteiger partial charge < -0.3 is 10.5 Å². The fourth-order valence-electron chi connectivity index (χ4n) is 1.23. The van der Waals surface area contributed by atoms with Crippen LogP contribution in [0.2, 0.25) is 0 Å². The van der Waals surface area contributed by atoms with Crippen LogP contribution in [0, 0.1) is 11.6 Å². The first kappa shape index (κ1) is 14.8. The van der Waals surface area contributed by atoms with E-state index in [9.17, 15) is 13.6 Å². The smallest absolute Gasteiger partial charge is 0.307 e. The van der Waals surface area contributed by atoms with E-state index in [1.54, 1.807) is 0 Å². The van der Waals surface area contributed by atoms with Crippen LogP contribution in [-0.2, 0) is 9.53 Å². The Balaban J connectivity index is 0.00000225. The molecule has 1 aromatic carbocycles. The number of nitrogens with two attached hydrogens (primary N) is 1. The molecule has 0 saturated heterocycles. The van der Waals surface area contributed by atoms with Crippen LogP contribution in [0.3, 0.4) is 0 Å². The number of carbonyl (C=O) groups excluding carboxylic acids is 1. The van der Waals surface area contributed by atoms with Gasteiger partial charge in [-0.25, -0.2) is 8.78 Å². The van der Waals surface area contributed by atoms with Crippen molar-refractivity contribution >= 4 is 18.4 Å². The van der Waals surface area contributed by atoms with Crippen molar-refractivity contribution in [3.63, 3.8) is 0 Å². The molecule has 0 fully saturated rings. The molecule has 0 aliphatic heterocycles. The van der Waals surface area contributed by atoms with Crippen LogP contribution >= 0.6 is 12.4 Å². The Morgan fingerprint density at radius 2 is 1.94 bits per heavy atom. The molecule has 0 spiro atoms. The fourth-order valence-corrected chi connectivity index (χ4v) is 1.23. The summed E-state index contributed by atoms with van der Waals surface area (Å²) in [6.45, 7) is 0. The number of benzene rings is 1. The van der Waals surface area contributed by atoms with Crippen molar-refractivity contribution < 1.29 is 18.3 Å². The van der Waals surface area contributed by atoms with Gasteiger partial charge in [-0.3, -0.25) is 4.79 Å². The molecule has 1 aromatic rings. The first-order valence-corrected chi connectivity index (χ1v) is 4.32. The SMILES string of the molecule is COC(=O)C[C@@H](N)c1c(F)cccc1F.Cl. The van der Waals surface area contributed by atoms with Crippen LogP contribution in [0.15, 0.2) is 18.2 Å². The summed E-state index contributed by atoms with van der Waals surface area (Å²) in [6, 6.07) is 2.39. The predicted octanol–water partition coefficient (Wildman–Crippen LogP) is 1.95. The Bertz CT molecular complexity index is 354. The molecular weight excluding hydrogens is 240 g/mol. The minimum Gasteiger partial charge on any atom is -0.469 e. The molecule has 0 aliphatic rings. The summed E-state index contributed by atoms with van der Waals surface area (Å²) in [7, 11) is 1.19. The van der Waals surface area contributed by atoms with Gasteiger partial charge in [0.15, 0.2) is 0 Å². The number of hydrogen-bond donors (Lipinski definition) is 1. The second-order valence-electron chi connectivity index (χ2n) is 3.02. The zero-order valence-electron chi connectivity index (χ0n) is 8.57. The van der Waals surface area contributed by atoms with Gasteiger partial charge in [0.05, 0.1) is 13.5 Å². The fraction of sp³-hybridized carbons (Fsp3) is 0.300. The Hall–Kier alpha value is -1.20. The summed E-state index contributed by atoms with van der Waals surface area (Å²) in [5.41, 5.74) is 5.20. The summed E-state index contributed by atoms with van der Waals surface area (Å²) >= 11 is 0. The molecule has 0 saturated carbocycles. The average Bonchev–Trinajstić information content (AvgIpc) is 2.17. The molecular formula is C10H12ClF2NO2. The predicted molar refractivity (Wildman–Crippen MR) is 57.2 cm³/mol. The van der Waals surface area contributed by atoms with E-state index < -0.39 is 23.6 Å². The number of methoxy groups -OCH3 is 1. The second-order valence-corrected chi connectivity index (χ2v) is 3.02. The molecule has 0 unspecified atom stereocenters. The van der Waals surface area contributed by atoms with Crippen molar-refractivity contribution in [1.82, 2.24) is 0 Å². The van der Waals surface area contributed by atoms with E-state index in [0.717, 1.165) is 12.1 Å². The Labute approximate surface area is 98.0 Å². The lowest BCUT2D eigenvalue weighted by molar-refractivity contribution is -0.141. The summed E-state index contributed by atoms with van der Waals surface area (Å²) in [4.78, 5) is 10.9. The molecule has 6 heteroatoms. The summed E-state index contributed by atoms with van der Waals surface area (Å²) in [5, 5.41) is 0. The minimum absolute atomic E-state index is 0. The number of rotatable bonds is 3. The normalized spacial score (nSPS) is 11.5. The molecule has 0 bridgehead atoms. The van der Waals surface area contributed by atoms with Gasteiger partial charge in [0, 0.05) is 11.6 Å². The van der Waals surface area contributed by atoms with E-state index in [4.69, 9.17) is 5.73 Å². The molecule has 2 N–H and O–H groups in total. The molecule has 90 valence electrons. The number of hydrogen-bond acceptors (Lipinski definition) is 3. The zero-order valence-corrected chi connectivity index (χ0v) is 9.39. The summed E-state index contributed by atoms with van der Waals surface area (Å²) in [6.07, 6.45) is -0.256. The van der Waals surface area contributed by atoms with Crippen molar-refractivity contribution in [2.45, 2.75) is 12.5 Å². The van der Waals surface area contributed by atoms with Crippen molar-refractivity contribution in [3.05, 3.63) is 35.4 Å². The highest BCUT2D eigenvalue weighted by molar-refractivity contribution is 5.85. The first-order chi connectivity index (χ1) is 7.06. The molecule has 1 rings (SSSR count). The number of ether oxygens (including phenoxy) is 1. The number of esters is 1. The highest BCUT2D eigenvalue weighted by Gasteiger charge is 2.19. The second kappa shape index (κ2) is 6.40. The van der Waals surface area contributed by atoms with Gasteiger partial charge in [-0.05, 0) is 12.1 Å². The van der Waals surface area contributed by atoms with Gasteiger partial charge in [-0.2, -0.15) is 0 Å². The van der Waals surface area contributed by atoms with Crippen molar-refractivity contribution in [2.75, 3.05) is 7.11 Å². The van der Waals surface area contributed by atoms with Crippen LogP contribution in [-0.4, -0.2) is 13.1 Å². The minimum atomic E-state index is -1.03. The largest absolute Gasteiger partial charge is 0.469 e. The molecule has 3 nitrogen and oxygen atoms in total. The maximum Gasteiger partial charge on any atom is 0.307 e. The maximum atomic E-state index is 13.2. The Morgan fingerprint density at radius 3 is 2.38 bits per heavy atom. The van der Waals surface area contributed by atoms with E-state index in [2.05, 4.69) is 4.74 Å². The van der Waals surface area contributed by atoms with E-state index in [-0.39, 0.29) is 24.4 Å². The van der Waals surface area contributed by atoms with Crippen LogP contribution in [0.25, 0.3) is 0 Å². The van der Waals surface area contributed by atoms with E-state index in [1.165, 1.54) is 13.2 Å². The van der Waals surface area contributed by atoms with Gasteiger partial charge in [-0.15, -0.1) is 12.4 Å². The zero-order chi connectivity index (χ0) is 11.4. The lowest BCUT2D eigenvalue weighted by Gasteiger charge is -2.12. The highest BCUT2D eigenvalue weighted by Crippen LogP contribution is 2.21. The van der Waals surface area contributed by atoms with E-state index >= 15 is 0 Å². The third kappa shape index (κ3) is 3.43. The van der Waals surface area contributed by atoms with Gasteiger partial charge in [0.2, 0.25) is 0 Å². The van der Waals surface area contributed by atoms with E-state index in [1.807, 2.05) is 0 Å². The standard InChI is InChI=1S/C10H11F2NO2.ClH/c1-15-9(14)5-8(13)10-6(11)3-2-4-7(10)12;/h2-4,8H,5,13H2,1H3;1H/t8-;/m1./s1. The highest BCUT2D eigenvalue weighted by atomic mass is 35.5. The molecule has 0 amide bonds. The first-order valence-electron chi connectivity index (χ1n) is 4.32. The van der Waals surface area contributed by atoms with Crippen molar-refractivity contribution in [2.24, 2.45) is 5.73 Å². The van der Waals surface area contributed by atoms with Crippen molar-refractivity contribution in [3.8, 4) is 0 Å². The van der Waals surface area contributed by atoms with Crippen LogP contribution in [0.5, 0.6) is 0 Å². The van der Waals surface area contributed by atoms with Gasteiger partial charge in [0.25, 0.3) is 0 Å². The third-order valence-electron chi connectivity index (χ3n) is 1.98. The Kier molecular flexibility index (Phi) is 5.92. The quantitative estimate of drug-likeness (QED) is 0.836. The Morgan fingerprint density at radius 1 is 1.44 bits per heavy atom. The average molecular weight is 252 g/mol. The van der Waals surface area contributed by atoms with Gasteiger partial charge >= 0.3 is 5.97 Å². The monoisotopic (exact) mass is 251 g/mol. The molecule has 16 heavy (non-hydrogen) atoms. The lowest BCUT2D eigenvalue weighted by atomic mass is 10.0. The number of carbonyl (C=O) groups is 1. The molecule has 0 aliphatic carbocycles. The number of halogens is 3. The molecule has 0 radical (unpaired) electrons. The summed E-state index contributed by atoms with van der Waals surface area (Å²) in [5.74, 6) is -2.12. The maximum absolute atomic E-state index is 13.2. The van der Waals surface area contributed by atoms with Crippen LogP contribution in [0.4, 0.5) is 8.78 Å². The van der Waals surface area contributed by atoms with Gasteiger partial charge in [0.1, 0.15) is 11.6 Å². The van der Waals surface area contributed by atoms with Crippen LogP contribution < -0.4 is 5.73 Å². The lowest BCUT2D eigenvalue weighted by Crippen LogP contribution is -2.19. The molecule has 0 aromatic heterocycles. The molecule has 1 atom stereocenters. The van der Waals surface area contributed by atoms with E-state index in [0.29, 0.717) is 0 Å². The topological polar surface area (TPSA) is 52.3 Å². The van der Waals surface area contributed by atoms with Crippen LogP contribution in [0.1, 0.15) is 18.0 Å². The molecule has 0 heterocycles. The summed E-state index contributed by atoms with van der Waals surface area (Å²) < 4.78 is 30.7. The van der Waals surface area contributed by atoms with Gasteiger partial charge in [-0.1, -0.05) is 6.07 Å².